The highest BCUT2D eigenvalue weighted by atomic mass is 32.1. The zero-order chi connectivity index (χ0) is 24.5. The fourth-order valence-electron chi connectivity index (χ4n) is 4.79. The minimum absolute atomic E-state index is 0.132. The third-order valence-electron chi connectivity index (χ3n) is 6.76. The van der Waals surface area contributed by atoms with Crippen molar-refractivity contribution in [1.82, 2.24) is 24.8 Å². The van der Waals surface area contributed by atoms with Gasteiger partial charge >= 0.3 is 0 Å². The SMILES string of the molecule is COc1cc(OC2CCN(C)CC2)c2c(N(Cc3cscn3)c3ccc4[nH]ccc4c3)ncnc2c1. The van der Waals surface area contributed by atoms with Gasteiger partial charge in [0, 0.05) is 53.4 Å². The largest absolute Gasteiger partial charge is 0.497 e. The molecule has 0 spiro atoms. The Morgan fingerprint density at radius 2 is 2.00 bits per heavy atom. The summed E-state index contributed by atoms with van der Waals surface area (Å²) in [5.41, 5.74) is 5.74. The Balaban J connectivity index is 1.50. The molecule has 8 nitrogen and oxygen atoms in total. The van der Waals surface area contributed by atoms with Crippen molar-refractivity contribution in [2.75, 3.05) is 32.1 Å². The van der Waals surface area contributed by atoms with Gasteiger partial charge in [-0.1, -0.05) is 0 Å². The van der Waals surface area contributed by atoms with E-state index < -0.39 is 0 Å². The number of nitrogens with one attached hydrogen (secondary N) is 1. The lowest BCUT2D eigenvalue weighted by Gasteiger charge is -2.30. The van der Waals surface area contributed by atoms with Crippen LogP contribution < -0.4 is 14.4 Å². The van der Waals surface area contributed by atoms with Crippen LogP contribution in [0.5, 0.6) is 11.5 Å². The minimum Gasteiger partial charge on any atom is -0.497 e. The van der Waals surface area contributed by atoms with Crippen LogP contribution in [-0.2, 0) is 6.54 Å². The molecule has 6 rings (SSSR count). The second kappa shape index (κ2) is 9.75. The number of hydrogen-bond acceptors (Lipinski definition) is 8. The van der Waals surface area contributed by atoms with Gasteiger partial charge in [0.1, 0.15) is 29.7 Å². The van der Waals surface area contributed by atoms with Crippen LogP contribution in [0.4, 0.5) is 11.5 Å². The number of fused-ring (bicyclic) bond motifs is 2. The number of methoxy groups -OCH3 is 1. The molecular weight excluding hydrogens is 472 g/mol. The third-order valence-corrected chi connectivity index (χ3v) is 7.39. The van der Waals surface area contributed by atoms with Crippen LogP contribution in [0.25, 0.3) is 21.8 Å². The van der Waals surface area contributed by atoms with Gasteiger partial charge < -0.3 is 24.3 Å². The Labute approximate surface area is 213 Å². The van der Waals surface area contributed by atoms with Crippen molar-refractivity contribution in [1.29, 1.82) is 0 Å². The van der Waals surface area contributed by atoms with Crippen LogP contribution in [0.15, 0.2) is 59.8 Å². The summed E-state index contributed by atoms with van der Waals surface area (Å²) in [5, 5.41) is 4.09. The first-order chi connectivity index (χ1) is 17.7. The van der Waals surface area contributed by atoms with Crippen LogP contribution >= 0.6 is 11.3 Å². The predicted molar refractivity (Wildman–Crippen MR) is 143 cm³/mol. The van der Waals surface area contributed by atoms with Crippen LogP contribution in [0.2, 0.25) is 0 Å². The van der Waals surface area contributed by atoms with E-state index in [4.69, 9.17) is 14.5 Å². The molecule has 36 heavy (non-hydrogen) atoms. The average Bonchev–Trinajstić information content (AvgIpc) is 3.60. The first-order valence-electron chi connectivity index (χ1n) is 12.1. The number of hydrogen-bond donors (Lipinski definition) is 1. The molecule has 0 atom stereocenters. The number of H-pyrrole nitrogens is 1. The van der Waals surface area contributed by atoms with E-state index in [0.717, 1.165) is 76.4 Å². The highest BCUT2D eigenvalue weighted by Gasteiger charge is 2.24. The van der Waals surface area contributed by atoms with Gasteiger partial charge in [0.2, 0.25) is 0 Å². The minimum atomic E-state index is 0.132. The molecule has 184 valence electrons. The first-order valence-corrected chi connectivity index (χ1v) is 13.0. The number of nitrogens with zero attached hydrogens (tertiary/aromatic N) is 5. The van der Waals surface area contributed by atoms with Crippen molar-refractivity contribution in [3.63, 3.8) is 0 Å². The summed E-state index contributed by atoms with van der Waals surface area (Å²) < 4.78 is 12.3. The smallest absolute Gasteiger partial charge is 0.148 e. The summed E-state index contributed by atoms with van der Waals surface area (Å²) in [6.45, 7) is 2.61. The highest BCUT2D eigenvalue weighted by Crippen LogP contribution is 2.40. The molecule has 0 saturated carbocycles. The van der Waals surface area contributed by atoms with Gasteiger partial charge in [-0.15, -0.1) is 11.3 Å². The number of aromatic nitrogens is 4. The van der Waals surface area contributed by atoms with Crippen molar-refractivity contribution in [2.24, 2.45) is 0 Å². The Kier molecular flexibility index (Phi) is 6.16. The van der Waals surface area contributed by atoms with E-state index in [1.807, 2.05) is 23.8 Å². The molecule has 9 heteroatoms. The van der Waals surface area contributed by atoms with Crippen molar-refractivity contribution in [3.05, 3.63) is 65.5 Å². The zero-order valence-corrected chi connectivity index (χ0v) is 21.2. The highest BCUT2D eigenvalue weighted by molar-refractivity contribution is 7.07. The number of piperidine rings is 1. The van der Waals surface area contributed by atoms with E-state index in [9.17, 15) is 0 Å². The van der Waals surface area contributed by atoms with Crippen LogP contribution in [0, 0.1) is 0 Å². The van der Waals surface area contributed by atoms with E-state index in [-0.39, 0.29) is 6.10 Å². The lowest BCUT2D eigenvalue weighted by Crippen LogP contribution is -2.35. The van der Waals surface area contributed by atoms with Crippen molar-refractivity contribution >= 4 is 44.6 Å². The Bertz CT molecular complexity index is 1480. The van der Waals surface area contributed by atoms with Gasteiger partial charge in [-0.05, 0) is 44.2 Å². The van der Waals surface area contributed by atoms with Gasteiger partial charge in [-0.3, -0.25) is 0 Å². The molecule has 0 unspecified atom stereocenters. The summed E-state index contributed by atoms with van der Waals surface area (Å²) in [5.74, 6) is 2.25. The molecule has 0 aliphatic carbocycles. The van der Waals surface area contributed by atoms with Gasteiger partial charge in [0.15, 0.2) is 0 Å². The van der Waals surface area contributed by atoms with Crippen molar-refractivity contribution in [3.8, 4) is 11.5 Å². The van der Waals surface area contributed by atoms with Crippen LogP contribution in [-0.4, -0.2) is 58.2 Å². The number of rotatable bonds is 7. The fourth-order valence-corrected chi connectivity index (χ4v) is 5.34. The molecule has 2 aromatic carbocycles. The molecule has 3 aromatic heterocycles. The summed E-state index contributed by atoms with van der Waals surface area (Å²) in [4.78, 5) is 21.8. The quantitative estimate of drug-likeness (QED) is 0.321. The molecule has 1 N–H and O–H groups in total. The maximum Gasteiger partial charge on any atom is 0.148 e. The van der Waals surface area contributed by atoms with E-state index in [2.05, 4.69) is 61.4 Å². The number of ether oxygens (including phenoxy) is 2. The summed E-state index contributed by atoms with van der Waals surface area (Å²) in [7, 11) is 3.82. The zero-order valence-electron chi connectivity index (χ0n) is 20.3. The van der Waals surface area contributed by atoms with Gasteiger partial charge in [0.05, 0.1) is 35.8 Å². The fraction of sp³-hybridized carbons (Fsp3) is 0.296. The summed E-state index contributed by atoms with van der Waals surface area (Å²) >= 11 is 1.59. The summed E-state index contributed by atoms with van der Waals surface area (Å²) in [6.07, 6.45) is 5.65. The molecule has 1 aliphatic heterocycles. The number of benzene rings is 2. The Morgan fingerprint density at radius 1 is 1.11 bits per heavy atom. The number of aromatic amines is 1. The molecule has 1 fully saturated rings. The normalized spacial score (nSPS) is 14.9. The molecule has 0 amide bonds. The molecule has 1 saturated heterocycles. The molecule has 1 aliphatic rings. The van der Waals surface area contributed by atoms with Gasteiger partial charge in [0.25, 0.3) is 0 Å². The van der Waals surface area contributed by atoms with E-state index in [1.54, 1.807) is 24.8 Å². The van der Waals surface area contributed by atoms with Gasteiger partial charge in [-0.2, -0.15) is 0 Å². The number of anilines is 2. The Morgan fingerprint density at radius 3 is 2.81 bits per heavy atom. The Hall–Kier alpha value is -3.69. The van der Waals surface area contributed by atoms with Gasteiger partial charge in [-0.25, -0.2) is 15.0 Å². The first kappa shape index (κ1) is 22.8. The van der Waals surface area contributed by atoms with E-state index >= 15 is 0 Å². The molecular formula is C27H28N6O2S. The standard InChI is InChI=1S/C27H28N6O2S/c1-32-9-6-21(7-10-32)35-25-13-22(34-2)12-24-26(25)27(30-16-29-24)33(14-19-15-36-17-31-19)20-3-4-23-18(11-20)5-8-28-23/h3-5,8,11-13,15-17,21,28H,6-7,9-10,14H2,1-2H3. The third kappa shape index (κ3) is 4.47. The van der Waals surface area contributed by atoms with Crippen molar-refractivity contribution in [2.45, 2.75) is 25.5 Å². The average molecular weight is 501 g/mol. The molecule has 0 bridgehead atoms. The molecule has 5 aromatic rings. The predicted octanol–water partition coefficient (Wildman–Crippen LogP) is 5.39. The second-order valence-corrected chi connectivity index (χ2v) is 9.87. The second-order valence-electron chi connectivity index (χ2n) is 9.15. The number of thiazole rings is 1. The lowest BCUT2D eigenvalue weighted by atomic mass is 10.1. The monoisotopic (exact) mass is 500 g/mol. The van der Waals surface area contributed by atoms with Crippen LogP contribution in [0.3, 0.4) is 0 Å². The summed E-state index contributed by atoms with van der Waals surface area (Å²) in [6, 6.07) is 12.4. The maximum atomic E-state index is 6.65. The lowest BCUT2D eigenvalue weighted by molar-refractivity contribution is 0.115. The molecule has 4 heterocycles. The van der Waals surface area contributed by atoms with Crippen molar-refractivity contribution < 1.29 is 9.47 Å². The topological polar surface area (TPSA) is 79.4 Å². The van der Waals surface area contributed by atoms with E-state index in [1.165, 1.54) is 0 Å². The van der Waals surface area contributed by atoms with Crippen LogP contribution in [0.1, 0.15) is 18.5 Å². The number of likely N-dealkylation sites (tertiary alicyclic amines) is 1. The maximum absolute atomic E-state index is 6.65. The van der Waals surface area contributed by atoms with E-state index in [0.29, 0.717) is 6.54 Å². The molecule has 0 radical (unpaired) electrons.